The zero-order chi connectivity index (χ0) is 28.6. The predicted octanol–water partition coefficient (Wildman–Crippen LogP) is 2.25. The highest BCUT2D eigenvalue weighted by Gasteiger charge is 2.44. The number of amides is 5. The number of carbonyl (C=O) groups excluding carboxylic acids is 5. The van der Waals surface area contributed by atoms with Gasteiger partial charge in [-0.2, -0.15) is 0 Å². The van der Waals surface area contributed by atoms with Crippen molar-refractivity contribution in [3.8, 4) is 0 Å². The summed E-state index contributed by atoms with van der Waals surface area (Å²) in [5.41, 5.74) is 1.03. The van der Waals surface area contributed by atoms with Crippen LogP contribution in [0.3, 0.4) is 0 Å². The Morgan fingerprint density at radius 3 is 2.25 bits per heavy atom. The standard InChI is InChI=1S/C29H39N5O6/c1-29(2,3)40-28(39)33-12-9-19(10-13-33)8-11-31-14-16-32(17-15-31)20-4-5-21-22(18-20)27(38)34(26(21)37)23-6-7-24(35)30-25(23)36/h4-5,18-19,23H,6-17H2,1-3H3,(H,30,35,36)/t23-/m0/s1. The first-order valence-corrected chi connectivity index (χ1v) is 14.3. The van der Waals surface area contributed by atoms with Crippen molar-refractivity contribution in [1.29, 1.82) is 0 Å². The summed E-state index contributed by atoms with van der Waals surface area (Å²) >= 11 is 0. The lowest BCUT2D eigenvalue weighted by Gasteiger charge is -2.38. The molecule has 5 amide bonds. The van der Waals surface area contributed by atoms with E-state index in [9.17, 15) is 24.0 Å². The number of piperazine rings is 1. The van der Waals surface area contributed by atoms with Crippen molar-refractivity contribution in [3.05, 3.63) is 29.3 Å². The molecule has 40 heavy (non-hydrogen) atoms. The van der Waals surface area contributed by atoms with E-state index in [-0.39, 0.29) is 24.8 Å². The lowest BCUT2D eigenvalue weighted by molar-refractivity contribution is -0.136. The number of imide groups is 2. The summed E-state index contributed by atoms with van der Waals surface area (Å²) in [5.74, 6) is -1.35. The topological polar surface area (TPSA) is 120 Å². The first-order chi connectivity index (χ1) is 19.0. The summed E-state index contributed by atoms with van der Waals surface area (Å²) in [6.07, 6.45) is 3.13. The number of likely N-dealkylation sites (tertiary alicyclic amines) is 1. The SMILES string of the molecule is CC(C)(C)OC(=O)N1CCC(CCN2CCN(c3ccc4c(c3)C(=O)N([C@H]3CCC(=O)NC3=O)C4=O)CC2)CC1. The van der Waals surface area contributed by atoms with Gasteiger partial charge in [-0.1, -0.05) is 0 Å². The zero-order valence-corrected chi connectivity index (χ0v) is 23.6. The molecule has 0 saturated carbocycles. The summed E-state index contributed by atoms with van der Waals surface area (Å²) < 4.78 is 5.50. The number of nitrogens with one attached hydrogen (secondary N) is 1. The molecule has 4 heterocycles. The molecule has 1 N–H and O–H groups in total. The monoisotopic (exact) mass is 553 g/mol. The maximum Gasteiger partial charge on any atom is 0.410 e. The summed E-state index contributed by atoms with van der Waals surface area (Å²) in [6, 6.07) is 4.34. The Balaban J connectivity index is 1.10. The van der Waals surface area contributed by atoms with Gasteiger partial charge in [-0.25, -0.2) is 4.79 Å². The number of piperidine rings is 2. The van der Waals surface area contributed by atoms with E-state index in [0.29, 0.717) is 17.0 Å². The van der Waals surface area contributed by atoms with Gasteiger partial charge in [-0.15, -0.1) is 0 Å². The minimum absolute atomic E-state index is 0.102. The Labute approximate surface area is 234 Å². The van der Waals surface area contributed by atoms with Crippen molar-refractivity contribution >= 4 is 35.4 Å². The lowest BCUT2D eigenvalue weighted by Crippen LogP contribution is -2.54. The van der Waals surface area contributed by atoms with E-state index >= 15 is 0 Å². The quantitative estimate of drug-likeness (QED) is 0.552. The maximum atomic E-state index is 13.2. The van der Waals surface area contributed by atoms with E-state index < -0.39 is 29.4 Å². The van der Waals surface area contributed by atoms with Crippen molar-refractivity contribution < 1.29 is 28.7 Å². The third-order valence-corrected chi connectivity index (χ3v) is 8.28. The largest absolute Gasteiger partial charge is 0.444 e. The fourth-order valence-electron chi connectivity index (χ4n) is 5.98. The van der Waals surface area contributed by atoms with E-state index in [0.717, 1.165) is 75.7 Å². The lowest BCUT2D eigenvalue weighted by atomic mass is 9.93. The molecule has 0 spiro atoms. The molecule has 3 saturated heterocycles. The molecule has 5 rings (SSSR count). The third kappa shape index (κ3) is 5.99. The molecule has 0 aliphatic carbocycles. The minimum atomic E-state index is -0.957. The number of hydrogen-bond donors (Lipinski definition) is 1. The van der Waals surface area contributed by atoms with E-state index in [1.165, 1.54) is 0 Å². The van der Waals surface area contributed by atoms with Crippen LogP contribution >= 0.6 is 0 Å². The highest BCUT2D eigenvalue weighted by molar-refractivity contribution is 6.23. The van der Waals surface area contributed by atoms with Gasteiger partial charge in [0.05, 0.1) is 11.1 Å². The first-order valence-electron chi connectivity index (χ1n) is 14.3. The number of benzene rings is 1. The van der Waals surface area contributed by atoms with E-state index in [4.69, 9.17) is 4.74 Å². The second-order valence-corrected chi connectivity index (χ2v) is 12.2. The van der Waals surface area contributed by atoms with Crippen LogP contribution in [-0.2, 0) is 14.3 Å². The van der Waals surface area contributed by atoms with Crippen LogP contribution in [0.25, 0.3) is 0 Å². The smallest absolute Gasteiger partial charge is 0.410 e. The molecule has 4 aliphatic rings. The molecule has 3 fully saturated rings. The van der Waals surface area contributed by atoms with Crippen LogP contribution in [0.1, 0.15) is 73.6 Å². The number of rotatable bonds is 5. The third-order valence-electron chi connectivity index (χ3n) is 8.28. The average molecular weight is 554 g/mol. The summed E-state index contributed by atoms with van der Waals surface area (Å²) in [4.78, 5) is 69.8. The van der Waals surface area contributed by atoms with Gasteiger partial charge >= 0.3 is 6.09 Å². The van der Waals surface area contributed by atoms with E-state index in [1.54, 1.807) is 12.1 Å². The Morgan fingerprint density at radius 2 is 1.60 bits per heavy atom. The van der Waals surface area contributed by atoms with Gasteiger partial charge in [0.25, 0.3) is 11.8 Å². The van der Waals surface area contributed by atoms with E-state index in [1.807, 2.05) is 31.7 Å². The van der Waals surface area contributed by atoms with Crippen LogP contribution in [0.2, 0.25) is 0 Å². The van der Waals surface area contributed by atoms with Crippen molar-refractivity contribution in [2.75, 3.05) is 50.7 Å². The van der Waals surface area contributed by atoms with Gasteiger partial charge in [-0.05, 0) is 77.1 Å². The molecule has 216 valence electrons. The van der Waals surface area contributed by atoms with Crippen LogP contribution in [0.5, 0.6) is 0 Å². The molecule has 0 unspecified atom stereocenters. The van der Waals surface area contributed by atoms with Crippen LogP contribution in [0.4, 0.5) is 10.5 Å². The molecule has 0 aromatic heterocycles. The molecule has 1 atom stereocenters. The number of nitrogens with zero attached hydrogens (tertiary/aromatic N) is 4. The zero-order valence-electron chi connectivity index (χ0n) is 23.6. The number of carbonyl (C=O) groups is 5. The Kier molecular flexibility index (Phi) is 7.85. The number of fused-ring (bicyclic) bond motifs is 1. The van der Waals surface area contributed by atoms with E-state index in [2.05, 4.69) is 15.1 Å². The Bertz CT molecular complexity index is 1190. The van der Waals surface area contributed by atoms with Crippen LogP contribution in [0, 0.1) is 5.92 Å². The molecule has 11 heteroatoms. The van der Waals surface area contributed by atoms with Crippen LogP contribution in [-0.4, -0.2) is 102 Å². The average Bonchev–Trinajstić information content (AvgIpc) is 3.16. The molecule has 1 aromatic rings. The number of anilines is 1. The number of ether oxygens (including phenoxy) is 1. The van der Waals surface area contributed by atoms with Gasteiger partial charge < -0.3 is 14.5 Å². The van der Waals surface area contributed by atoms with Gasteiger partial charge in [0.15, 0.2) is 0 Å². The second kappa shape index (κ2) is 11.2. The van der Waals surface area contributed by atoms with Crippen molar-refractivity contribution in [1.82, 2.24) is 20.0 Å². The molecule has 0 bridgehead atoms. The minimum Gasteiger partial charge on any atom is -0.444 e. The highest BCUT2D eigenvalue weighted by atomic mass is 16.6. The van der Waals surface area contributed by atoms with Crippen molar-refractivity contribution in [3.63, 3.8) is 0 Å². The normalized spacial score (nSPS) is 23.0. The maximum absolute atomic E-state index is 13.2. The van der Waals surface area contributed by atoms with Crippen LogP contribution in [0.15, 0.2) is 18.2 Å². The molecule has 4 aliphatic heterocycles. The Hall–Kier alpha value is -3.47. The van der Waals surface area contributed by atoms with Gasteiger partial charge in [0.2, 0.25) is 11.8 Å². The summed E-state index contributed by atoms with van der Waals surface area (Å²) in [6.45, 7) is 11.6. The first kappa shape index (κ1) is 28.1. The van der Waals surface area contributed by atoms with Crippen molar-refractivity contribution in [2.24, 2.45) is 5.92 Å². The second-order valence-electron chi connectivity index (χ2n) is 12.2. The van der Waals surface area contributed by atoms with Gasteiger partial charge in [0, 0.05) is 51.4 Å². The molecular weight excluding hydrogens is 514 g/mol. The fourth-order valence-corrected chi connectivity index (χ4v) is 5.98. The van der Waals surface area contributed by atoms with Crippen molar-refractivity contribution in [2.45, 2.75) is 64.5 Å². The Morgan fingerprint density at radius 1 is 0.925 bits per heavy atom. The molecule has 11 nitrogen and oxygen atoms in total. The molecule has 1 aromatic carbocycles. The highest BCUT2D eigenvalue weighted by Crippen LogP contribution is 2.31. The molecular formula is C29H39N5O6. The fraction of sp³-hybridized carbons (Fsp3) is 0.621. The summed E-state index contributed by atoms with van der Waals surface area (Å²) in [7, 11) is 0. The van der Waals surface area contributed by atoms with Crippen LogP contribution < -0.4 is 10.2 Å². The predicted molar refractivity (Wildman–Crippen MR) is 147 cm³/mol. The molecule has 0 radical (unpaired) electrons. The van der Waals surface area contributed by atoms with Gasteiger partial charge in [-0.3, -0.25) is 34.3 Å². The van der Waals surface area contributed by atoms with Gasteiger partial charge in [0.1, 0.15) is 11.6 Å². The summed E-state index contributed by atoms with van der Waals surface area (Å²) in [5, 5.41) is 2.23. The number of hydrogen-bond acceptors (Lipinski definition) is 8.